The Balaban J connectivity index is 1.81. The first kappa shape index (κ1) is 12.5. The molecule has 0 radical (unpaired) electrons. The lowest BCUT2D eigenvalue weighted by atomic mass is 9.85. The normalized spacial score (nSPS) is 23.7. The van der Waals surface area contributed by atoms with E-state index in [1.807, 2.05) is 0 Å². The summed E-state index contributed by atoms with van der Waals surface area (Å²) in [4.78, 5) is 0. The molecule has 2 aromatic rings. The molecule has 0 aliphatic carbocycles. The van der Waals surface area contributed by atoms with Gasteiger partial charge in [0, 0.05) is 4.75 Å². The van der Waals surface area contributed by atoms with Gasteiger partial charge in [-0.05, 0) is 42.6 Å². The van der Waals surface area contributed by atoms with Crippen LogP contribution in [-0.2, 0) is 4.75 Å². The Kier molecular flexibility index (Phi) is 3.08. The number of benzene rings is 2. The average Bonchev–Trinajstić information content (AvgIpc) is 2.84. The molecular formula is C18H19NS. The molecule has 20 heavy (non-hydrogen) atoms. The maximum Gasteiger partial charge on any atom is 0.0558 e. The van der Waals surface area contributed by atoms with E-state index in [0.29, 0.717) is 10.00 Å². The Morgan fingerprint density at radius 1 is 0.900 bits per heavy atom. The summed E-state index contributed by atoms with van der Waals surface area (Å²) < 4.78 is 0.336. The maximum absolute atomic E-state index is 3.51. The van der Waals surface area contributed by atoms with Gasteiger partial charge >= 0.3 is 0 Å². The molecule has 2 aromatic carbocycles. The van der Waals surface area contributed by atoms with Crippen LogP contribution in [-0.4, -0.2) is 13.1 Å². The van der Waals surface area contributed by atoms with Gasteiger partial charge in [0.05, 0.1) is 5.25 Å². The van der Waals surface area contributed by atoms with E-state index in [2.05, 4.69) is 71.7 Å². The average molecular weight is 281 g/mol. The van der Waals surface area contributed by atoms with E-state index in [1.165, 1.54) is 24.0 Å². The summed E-state index contributed by atoms with van der Waals surface area (Å²) in [6, 6.07) is 20.1. The van der Waals surface area contributed by atoms with E-state index in [4.69, 9.17) is 0 Å². The van der Waals surface area contributed by atoms with Gasteiger partial charge in [-0.2, -0.15) is 0 Å². The number of hydrogen-bond acceptors (Lipinski definition) is 2. The largest absolute Gasteiger partial charge is 0.317 e. The van der Waals surface area contributed by atoms with Crippen molar-refractivity contribution in [3.05, 3.63) is 71.3 Å². The predicted molar refractivity (Wildman–Crippen MR) is 86.1 cm³/mol. The second-order valence-corrected chi connectivity index (χ2v) is 7.23. The summed E-state index contributed by atoms with van der Waals surface area (Å²) >= 11 is 2.18. The quantitative estimate of drug-likeness (QED) is 0.844. The van der Waals surface area contributed by atoms with Crippen LogP contribution < -0.4 is 5.32 Å². The van der Waals surface area contributed by atoms with Crippen molar-refractivity contribution in [3.63, 3.8) is 0 Å². The third-order valence-electron chi connectivity index (χ3n) is 4.59. The lowest BCUT2D eigenvalue weighted by molar-refractivity contribution is 0.427. The molecule has 2 aliphatic rings. The molecule has 0 saturated carbocycles. The van der Waals surface area contributed by atoms with Crippen LogP contribution in [0.3, 0.4) is 0 Å². The maximum atomic E-state index is 3.51. The summed E-state index contributed by atoms with van der Waals surface area (Å²) in [5.41, 5.74) is 4.56. The Morgan fingerprint density at radius 2 is 1.60 bits per heavy atom. The zero-order valence-electron chi connectivity index (χ0n) is 11.5. The Labute approximate surface area is 124 Å². The van der Waals surface area contributed by atoms with E-state index in [1.54, 1.807) is 5.56 Å². The third-order valence-corrected chi connectivity index (χ3v) is 6.43. The van der Waals surface area contributed by atoms with E-state index < -0.39 is 0 Å². The van der Waals surface area contributed by atoms with Gasteiger partial charge in [-0.25, -0.2) is 0 Å². The molecule has 1 nitrogen and oxygen atoms in total. The first-order chi connectivity index (χ1) is 9.89. The van der Waals surface area contributed by atoms with Gasteiger partial charge in [-0.3, -0.25) is 0 Å². The van der Waals surface area contributed by atoms with Gasteiger partial charge in [0.2, 0.25) is 0 Å². The van der Waals surface area contributed by atoms with Gasteiger partial charge in [-0.1, -0.05) is 54.6 Å². The highest BCUT2D eigenvalue weighted by molar-refractivity contribution is 8.01. The van der Waals surface area contributed by atoms with Crippen LogP contribution >= 0.6 is 11.8 Å². The summed E-state index contributed by atoms with van der Waals surface area (Å²) in [7, 11) is 0. The van der Waals surface area contributed by atoms with E-state index in [-0.39, 0.29) is 0 Å². The second-order valence-electron chi connectivity index (χ2n) is 5.74. The molecular weight excluding hydrogens is 262 g/mol. The Morgan fingerprint density at radius 3 is 2.40 bits per heavy atom. The van der Waals surface area contributed by atoms with Crippen molar-refractivity contribution in [2.45, 2.75) is 22.8 Å². The highest BCUT2D eigenvalue weighted by Gasteiger charge is 2.45. The van der Waals surface area contributed by atoms with Crippen molar-refractivity contribution < 1.29 is 0 Å². The van der Waals surface area contributed by atoms with Crippen molar-refractivity contribution in [2.24, 2.45) is 0 Å². The van der Waals surface area contributed by atoms with Gasteiger partial charge in [-0.15, -0.1) is 11.8 Å². The smallest absolute Gasteiger partial charge is 0.0558 e. The zero-order valence-corrected chi connectivity index (χ0v) is 12.3. The molecule has 0 bridgehead atoms. The highest BCUT2D eigenvalue weighted by atomic mass is 32.2. The molecule has 0 amide bonds. The van der Waals surface area contributed by atoms with Crippen LogP contribution in [0.15, 0.2) is 54.6 Å². The molecule has 1 atom stereocenters. The van der Waals surface area contributed by atoms with Crippen LogP contribution in [0.4, 0.5) is 0 Å². The number of thioether (sulfide) groups is 1. The third kappa shape index (κ3) is 1.90. The summed E-state index contributed by atoms with van der Waals surface area (Å²) in [6.45, 7) is 2.28. The molecule has 102 valence electrons. The second kappa shape index (κ2) is 4.94. The minimum absolute atomic E-state index is 0.336. The van der Waals surface area contributed by atoms with E-state index in [0.717, 1.165) is 13.1 Å². The summed E-state index contributed by atoms with van der Waals surface area (Å²) in [5.74, 6) is 0. The SMILES string of the molecule is c1ccc([C@@H]2SC3(CCNCC3)c3ccccc32)cc1. The fourth-order valence-electron chi connectivity index (χ4n) is 3.59. The van der Waals surface area contributed by atoms with Gasteiger partial charge in [0.25, 0.3) is 0 Å². The first-order valence-electron chi connectivity index (χ1n) is 7.42. The standard InChI is InChI=1S/C18H19NS/c1-2-6-14(7-3-1)17-15-8-4-5-9-16(15)18(20-17)10-12-19-13-11-18/h1-9,17,19H,10-13H2/t17-/m0/s1. The fraction of sp³-hybridized carbons (Fsp3) is 0.333. The topological polar surface area (TPSA) is 12.0 Å². The number of fused-ring (bicyclic) bond motifs is 2. The van der Waals surface area contributed by atoms with Crippen molar-refractivity contribution in [1.82, 2.24) is 5.32 Å². The molecule has 2 heterocycles. The predicted octanol–water partition coefficient (Wildman–Crippen LogP) is 4.10. The molecule has 1 N–H and O–H groups in total. The minimum atomic E-state index is 0.336. The molecule has 2 aliphatic heterocycles. The zero-order chi connectivity index (χ0) is 13.4. The van der Waals surface area contributed by atoms with E-state index >= 15 is 0 Å². The highest BCUT2D eigenvalue weighted by Crippen LogP contribution is 2.60. The van der Waals surface area contributed by atoms with Crippen molar-refractivity contribution in [3.8, 4) is 0 Å². The molecule has 0 aromatic heterocycles. The lowest BCUT2D eigenvalue weighted by Crippen LogP contribution is -2.36. The van der Waals surface area contributed by atoms with Crippen LogP contribution in [0.2, 0.25) is 0 Å². The molecule has 1 saturated heterocycles. The first-order valence-corrected chi connectivity index (χ1v) is 8.30. The van der Waals surface area contributed by atoms with Crippen LogP contribution in [0.1, 0.15) is 34.8 Å². The fourth-order valence-corrected chi connectivity index (χ4v) is 5.42. The summed E-state index contributed by atoms with van der Waals surface area (Å²) in [6.07, 6.45) is 2.50. The van der Waals surface area contributed by atoms with Crippen molar-refractivity contribution in [1.29, 1.82) is 0 Å². The minimum Gasteiger partial charge on any atom is -0.317 e. The molecule has 2 heteroatoms. The van der Waals surface area contributed by atoms with E-state index in [9.17, 15) is 0 Å². The molecule has 1 fully saturated rings. The van der Waals surface area contributed by atoms with Crippen LogP contribution in [0.5, 0.6) is 0 Å². The van der Waals surface area contributed by atoms with Crippen LogP contribution in [0, 0.1) is 0 Å². The number of nitrogens with one attached hydrogen (secondary N) is 1. The summed E-state index contributed by atoms with van der Waals surface area (Å²) in [5, 5.41) is 4.01. The Hall–Kier alpha value is -1.25. The molecule has 1 spiro atoms. The van der Waals surface area contributed by atoms with Crippen molar-refractivity contribution >= 4 is 11.8 Å². The van der Waals surface area contributed by atoms with Gasteiger partial charge < -0.3 is 5.32 Å². The van der Waals surface area contributed by atoms with Crippen molar-refractivity contribution in [2.75, 3.05) is 13.1 Å². The number of piperidine rings is 1. The molecule has 4 rings (SSSR count). The lowest BCUT2D eigenvalue weighted by Gasteiger charge is -2.34. The van der Waals surface area contributed by atoms with Gasteiger partial charge in [0.15, 0.2) is 0 Å². The van der Waals surface area contributed by atoms with Crippen LogP contribution in [0.25, 0.3) is 0 Å². The molecule has 0 unspecified atom stereocenters. The number of rotatable bonds is 1. The Bertz CT molecular complexity index is 602. The monoisotopic (exact) mass is 281 g/mol. The van der Waals surface area contributed by atoms with Gasteiger partial charge in [0.1, 0.15) is 0 Å². The number of hydrogen-bond donors (Lipinski definition) is 1.